The molecule has 4 aliphatic rings. The molecule has 0 aromatic heterocycles. The van der Waals surface area contributed by atoms with Gasteiger partial charge in [-0.15, -0.1) is 0 Å². The zero-order chi connectivity index (χ0) is 17.6. The smallest absolute Gasteiger partial charge is 0.211 e. The van der Waals surface area contributed by atoms with Gasteiger partial charge in [-0.25, -0.2) is 17.7 Å². The van der Waals surface area contributed by atoms with Crippen LogP contribution in [0.2, 0.25) is 0 Å². The fraction of sp³-hybridized carbons (Fsp3) is 1.00. The van der Waals surface area contributed by atoms with Crippen LogP contribution in [0.3, 0.4) is 0 Å². The summed E-state index contributed by atoms with van der Waals surface area (Å²) in [7, 11) is -1.03. The van der Waals surface area contributed by atoms with E-state index >= 15 is 0 Å². The number of hydrazine groups is 1. The topological polar surface area (TPSA) is 76.7 Å². The molecule has 0 radical (unpaired) electrons. The van der Waals surface area contributed by atoms with Gasteiger partial charge in [0, 0.05) is 50.7 Å². The lowest BCUT2D eigenvalue weighted by molar-refractivity contribution is 0.105. The molecular formula is C17H33N5O2S. The summed E-state index contributed by atoms with van der Waals surface area (Å²) in [6.07, 6.45) is 9.34. The molecular weight excluding hydrogens is 338 g/mol. The van der Waals surface area contributed by atoms with Gasteiger partial charge in [-0.1, -0.05) is 19.3 Å². The summed E-state index contributed by atoms with van der Waals surface area (Å²) in [6, 6.07) is 0.987. The van der Waals surface area contributed by atoms with E-state index in [1.165, 1.54) is 38.4 Å². The van der Waals surface area contributed by atoms with Crippen LogP contribution in [0.1, 0.15) is 38.5 Å². The van der Waals surface area contributed by atoms with E-state index in [1.807, 2.05) is 0 Å². The SMILES string of the molecule is CN1CCC(C2NC(C3CCCCC3)NC3CN(S(C)(=O)=O)CC32)N1. The van der Waals surface area contributed by atoms with Gasteiger partial charge < -0.3 is 0 Å². The van der Waals surface area contributed by atoms with E-state index in [0.717, 1.165) is 13.0 Å². The minimum absolute atomic E-state index is 0.264. The van der Waals surface area contributed by atoms with Crippen LogP contribution < -0.4 is 16.1 Å². The van der Waals surface area contributed by atoms with Crippen molar-refractivity contribution in [2.45, 2.75) is 62.8 Å². The molecule has 0 amide bonds. The van der Waals surface area contributed by atoms with Crippen molar-refractivity contribution >= 4 is 10.0 Å². The summed E-state index contributed by atoms with van der Waals surface area (Å²) in [6.45, 7) is 2.30. The molecule has 25 heavy (non-hydrogen) atoms. The van der Waals surface area contributed by atoms with Crippen molar-refractivity contribution in [1.82, 2.24) is 25.4 Å². The summed E-state index contributed by atoms with van der Waals surface area (Å²) in [5, 5.41) is 9.87. The van der Waals surface area contributed by atoms with Gasteiger partial charge in [0.15, 0.2) is 0 Å². The Labute approximate surface area is 151 Å². The first-order valence-corrected chi connectivity index (χ1v) is 11.7. The van der Waals surface area contributed by atoms with Gasteiger partial charge in [-0.05, 0) is 25.2 Å². The van der Waals surface area contributed by atoms with Crippen LogP contribution in [-0.4, -0.2) is 75.0 Å². The second-order valence-corrected chi connectivity index (χ2v) is 10.5. The maximum atomic E-state index is 12.1. The van der Waals surface area contributed by atoms with E-state index in [1.54, 1.807) is 4.31 Å². The number of hydrogen-bond acceptors (Lipinski definition) is 6. The molecule has 5 atom stereocenters. The molecule has 8 heteroatoms. The molecule has 3 heterocycles. The van der Waals surface area contributed by atoms with E-state index in [2.05, 4.69) is 28.1 Å². The molecule has 3 N–H and O–H groups in total. The van der Waals surface area contributed by atoms with Crippen LogP contribution in [0.5, 0.6) is 0 Å². The van der Waals surface area contributed by atoms with E-state index < -0.39 is 10.0 Å². The Hall–Kier alpha value is -0.250. The van der Waals surface area contributed by atoms with Crippen molar-refractivity contribution in [3.63, 3.8) is 0 Å². The van der Waals surface area contributed by atoms with Gasteiger partial charge in [-0.2, -0.15) is 0 Å². The molecule has 0 aromatic rings. The van der Waals surface area contributed by atoms with Gasteiger partial charge >= 0.3 is 0 Å². The normalized spacial score (nSPS) is 41.9. The van der Waals surface area contributed by atoms with Crippen molar-refractivity contribution in [2.75, 3.05) is 32.9 Å². The predicted molar refractivity (Wildman–Crippen MR) is 98.3 cm³/mol. The molecule has 5 unspecified atom stereocenters. The van der Waals surface area contributed by atoms with Crippen molar-refractivity contribution in [3.8, 4) is 0 Å². The fourth-order valence-corrected chi connectivity index (χ4v) is 6.25. The molecule has 0 bridgehead atoms. The summed E-state index contributed by atoms with van der Waals surface area (Å²) in [5.41, 5.74) is 3.59. The van der Waals surface area contributed by atoms with Gasteiger partial charge in [0.05, 0.1) is 12.4 Å². The molecule has 1 aliphatic carbocycles. The fourth-order valence-electron chi connectivity index (χ4n) is 5.37. The van der Waals surface area contributed by atoms with Gasteiger partial charge in [0.1, 0.15) is 0 Å². The Morgan fingerprint density at radius 3 is 2.36 bits per heavy atom. The Bertz CT molecular complexity index is 580. The highest BCUT2D eigenvalue weighted by Crippen LogP contribution is 2.34. The van der Waals surface area contributed by atoms with Crippen LogP contribution in [0.15, 0.2) is 0 Å². The third kappa shape index (κ3) is 3.75. The highest BCUT2D eigenvalue weighted by Gasteiger charge is 2.49. The number of sulfonamides is 1. The third-order valence-electron chi connectivity index (χ3n) is 6.74. The lowest BCUT2D eigenvalue weighted by Gasteiger charge is -2.46. The molecule has 3 aliphatic heterocycles. The van der Waals surface area contributed by atoms with Crippen LogP contribution >= 0.6 is 0 Å². The quantitative estimate of drug-likeness (QED) is 0.644. The van der Waals surface area contributed by atoms with Gasteiger partial charge in [0.2, 0.25) is 10.0 Å². The van der Waals surface area contributed by atoms with Gasteiger partial charge in [0.25, 0.3) is 0 Å². The monoisotopic (exact) mass is 371 g/mol. The van der Waals surface area contributed by atoms with Crippen LogP contribution in [0.4, 0.5) is 0 Å². The summed E-state index contributed by atoms with van der Waals surface area (Å²) >= 11 is 0. The summed E-state index contributed by atoms with van der Waals surface area (Å²) in [4.78, 5) is 0. The van der Waals surface area contributed by atoms with Crippen molar-refractivity contribution in [2.24, 2.45) is 11.8 Å². The first-order chi connectivity index (χ1) is 11.9. The van der Waals surface area contributed by atoms with Crippen molar-refractivity contribution in [3.05, 3.63) is 0 Å². The van der Waals surface area contributed by atoms with E-state index in [0.29, 0.717) is 43.2 Å². The minimum Gasteiger partial charge on any atom is -0.297 e. The van der Waals surface area contributed by atoms with E-state index in [4.69, 9.17) is 0 Å². The molecule has 3 saturated heterocycles. The lowest BCUT2D eigenvalue weighted by atomic mass is 9.81. The average molecular weight is 372 g/mol. The number of nitrogens with one attached hydrogen (secondary N) is 3. The summed E-state index contributed by atoms with van der Waals surface area (Å²) in [5.74, 6) is 1.00. The maximum Gasteiger partial charge on any atom is 0.211 e. The van der Waals surface area contributed by atoms with Crippen molar-refractivity contribution in [1.29, 1.82) is 0 Å². The lowest BCUT2D eigenvalue weighted by Crippen LogP contribution is -2.69. The zero-order valence-corrected chi connectivity index (χ0v) is 16.3. The summed E-state index contributed by atoms with van der Waals surface area (Å²) < 4.78 is 25.9. The number of nitrogens with zero attached hydrogens (tertiary/aromatic N) is 2. The average Bonchev–Trinajstić information content (AvgIpc) is 3.20. The Balaban J connectivity index is 1.54. The Morgan fingerprint density at radius 2 is 1.72 bits per heavy atom. The van der Waals surface area contributed by atoms with Crippen LogP contribution in [0, 0.1) is 11.8 Å². The molecule has 0 spiro atoms. The van der Waals surface area contributed by atoms with E-state index in [-0.39, 0.29) is 6.04 Å². The predicted octanol–water partition coefficient (Wildman–Crippen LogP) is -0.0771. The first kappa shape index (κ1) is 18.1. The second kappa shape index (κ2) is 7.05. The van der Waals surface area contributed by atoms with E-state index in [9.17, 15) is 8.42 Å². The Kier molecular flexibility index (Phi) is 5.11. The number of fused-ring (bicyclic) bond motifs is 1. The molecule has 7 nitrogen and oxygen atoms in total. The second-order valence-electron chi connectivity index (χ2n) is 8.53. The molecule has 1 saturated carbocycles. The molecule has 4 fully saturated rings. The number of rotatable bonds is 3. The Morgan fingerprint density at radius 1 is 0.960 bits per heavy atom. The molecule has 4 rings (SSSR count). The maximum absolute atomic E-state index is 12.1. The zero-order valence-electron chi connectivity index (χ0n) is 15.4. The van der Waals surface area contributed by atoms with Gasteiger partial charge in [-0.3, -0.25) is 16.1 Å². The first-order valence-electron chi connectivity index (χ1n) is 9.86. The molecule has 0 aromatic carbocycles. The third-order valence-corrected chi connectivity index (χ3v) is 7.98. The van der Waals surface area contributed by atoms with Crippen LogP contribution in [-0.2, 0) is 10.0 Å². The minimum atomic E-state index is -3.13. The molecule has 144 valence electrons. The standard InChI is InChI=1S/C17H33N5O2S/c1-21-9-8-14(20-21)16-13-10-22(25(2,23)24)11-15(13)18-17(19-16)12-6-4-3-5-7-12/h12-20H,3-11H2,1-2H3. The number of hydrogen-bond donors (Lipinski definition) is 3. The highest BCUT2D eigenvalue weighted by molar-refractivity contribution is 7.88. The van der Waals surface area contributed by atoms with Crippen LogP contribution in [0.25, 0.3) is 0 Å². The highest BCUT2D eigenvalue weighted by atomic mass is 32.2. The van der Waals surface area contributed by atoms with Crippen molar-refractivity contribution < 1.29 is 8.42 Å². The largest absolute Gasteiger partial charge is 0.297 e.